The highest BCUT2D eigenvalue weighted by Crippen LogP contribution is 2.29. The normalized spacial score (nSPS) is 12.6. The van der Waals surface area contributed by atoms with Crippen LogP contribution in [-0.2, 0) is 20.2 Å². The molecule has 0 amide bonds. The molecule has 2 rings (SSSR count). The Hall–Kier alpha value is -1.72. The van der Waals surface area contributed by atoms with Gasteiger partial charge < -0.3 is 5.43 Å². The van der Waals surface area contributed by atoms with Gasteiger partial charge in [0.05, 0.1) is 15.5 Å². The van der Waals surface area contributed by atoms with Gasteiger partial charge in [-0.2, -0.15) is 16.8 Å². The Labute approximate surface area is 114 Å². The average molecular weight is 318 g/mol. The Bertz CT molecular complexity index is 884. The van der Waals surface area contributed by atoms with Gasteiger partial charge in [0.1, 0.15) is 0 Å². The fourth-order valence-electron chi connectivity index (χ4n) is 1.75. The molecule has 108 valence electrons. The molecule has 0 radical (unpaired) electrons. The first-order valence-corrected chi connectivity index (χ1v) is 8.00. The predicted octanol–water partition coefficient (Wildman–Crippen LogP) is 0.619. The zero-order valence-corrected chi connectivity index (χ0v) is 11.4. The topological polar surface area (TPSA) is 147 Å². The summed E-state index contributed by atoms with van der Waals surface area (Å²) in [6.45, 7) is 0. The van der Waals surface area contributed by atoms with Crippen LogP contribution in [-0.4, -0.2) is 25.9 Å². The monoisotopic (exact) mass is 318 g/mol. The second kappa shape index (κ2) is 4.68. The first-order valence-electron chi connectivity index (χ1n) is 5.12. The van der Waals surface area contributed by atoms with Crippen molar-refractivity contribution in [3.05, 3.63) is 30.3 Å². The number of nitrogen functional groups attached to an aromatic ring is 1. The van der Waals surface area contributed by atoms with E-state index in [9.17, 15) is 16.8 Å². The number of rotatable bonds is 3. The quantitative estimate of drug-likeness (QED) is 0.366. The van der Waals surface area contributed by atoms with E-state index < -0.39 is 30.0 Å². The van der Waals surface area contributed by atoms with E-state index in [2.05, 4.69) is 5.43 Å². The number of nitrogens with one attached hydrogen (secondary N) is 1. The van der Waals surface area contributed by atoms with Gasteiger partial charge in [-0.1, -0.05) is 6.07 Å². The lowest BCUT2D eigenvalue weighted by atomic mass is 10.1. The first-order chi connectivity index (χ1) is 9.13. The van der Waals surface area contributed by atoms with E-state index in [1.54, 1.807) is 0 Å². The van der Waals surface area contributed by atoms with Crippen LogP contribution in [0.4, 0.5) is 5.69 Å². The second-order valence-electron chi connectivity index (χ2n) is 3.95. The van der Waals surface area contributed by atoms with E-state index in [1.807, 2.05) is 0 Å². The minimum Gasteiger partial charge on any atom is -0.323 e. The highest BCUT2D eigenvalue weighted by molar-refractivity contribution is 7.86. The van der Waals surface area contributed by atoms with Gasteiger partial charge in [0, 0.05) is 5.39 Å². The van der Waals surface area contributed by atoms with Gasteiger partial charge in [-0.25, -0.2) is 0 Å². The second-order valence-corrected chi connectivity index (χ2v) is 6.79. The lowest BCUT2D eigenvalue weighted by molar-refractivity contribution is 0.481. The highest BCUT2D eigenvalue weighted by atomic mass is 32.2. The maximum absolute atomic E-state index is 11.1. The summed E-state index contributed by atoms with van der Waals surface area (Å²) < 4.78 is 62.4. The van der Waals surface area contributed by atoms with Crippen LogP contribution in [0.25, 0.3) is 10.8 Å². The summed E-state index contributed by atoms with van der Waals surface area (Å²) in [6, 6.07) is 5.73. The van der Waals surface area contributed by atoms with Crippen LogP contribution in [0.15, 0.2) is 40.1 Å². The maximum atomic E-state index is 11.1. The number of hydrogen-bond acceptors (Lipinski definition) is 6. The summed E-state index contributed by atoms with van der Waals surface area (Å²) in [5, 5.41) is 0.593. The van der Waals surface area contributed by atoms with Crippen molar-refractivity contribution in [2.24, 2.45) is 5.84 Å². The van der Waals surface area contributed by atoms with Crippen molar-refractivity contribution in [1.29, 1.82) is 0 Å². The zero-order chi connectivity index (χ0) is 15.1. The lowest BCUT2D eigenvalue weighted by Crippen LogP contribution is -2.09. The molecular formula is C10H10N2O6S2. The molecule has 0 fully saturated rings. The molecule has 0 bridgehead atoms. The molecule has 0 saturated carbocycles. The number of nitrogens with two attached hydrogens (primary N) is 1. The molecule has 2 aromatic rings. The fourth-order valence-corrected chi connectivity index (χ4v) is 2.81. The molecule has 20 heavy (non-hydrogen) atoms. The van der Waals surface area contributed by atoms with Crippen molar-refractivity contribution in [3.63, 3.8) is 0 Å². The van der Waals surface area contributed by atoms with Crippen molar-refractivity contribution in [1.82, 2.24) is 0 Å². The van der Waals surface area contributed by atoms with Gasteiger partial charge in [-0.05, 0) is 29.7 Å². The molecule has 0 heterocycles. The molecule has 0 aliphatic rings. The number of fused-ring (bicyclic) bond motifs is 1. The Balaban J connectivity index is 2.87. The van der Waals surface area contributed by atoms with E-state index in [-0.39, 0.29) is 11.1 Å². The van der Waals surface area contributed by atoms with Crippen LogP contribution in [0.2, 0.25) is 0 Å². The maximum Gasteiger partial charge on any atom is 0.294 e. The predicted molar refractivity (Wildman–Crippen MR) is 71.4 cm³/mol. The summed E-state index contributed by atoms with van der Waals surface area (Å²) in [5.74, 6) is 5.26. The van der Waals surface area contributed by atoms with Crippen molar-refractivity contribution in [2.75, 3.05) is 5.43 Å². The van der Waals surface area contributed by atoms with E-state index in [0.29, 0.717) is 5.39 Å². The van der Waals surface area contributed by atoms with Crippen LogP contribution >= 0.6 is 0 Å². The van der Waals surface area contributed by atoms with Crippen LogP contribution < -0.4 is 11.3 Å². The lowest BCUT2D eigenvalue weighted by Gasteiger charge is -2.09. The van der Waals surface area contributed by atoms with Crippen LogP contribution in [0.5, 0.6) is 0 Å². The number of hydrazine groups is 1. The average Bonchev–Trinajstić information content (AvgIpc) is 2.34. The SMILES string of the molecule is NNc1cc(S(=O)(=O)O)cc2cc(S(=O)(=O)O)ccc12. The number of benzene rings is 2. The third kappa shape index (κ3) is 2.73. The molecule has 5 N–H and O–H groups in total. The molecule has 0 spiro atoms. The van der Waals surface area contributed by atoms with E-state index >= 15 is 0 Å². The van der Waals surface area contributed by atoms with Crippen molar-refractivity contribution >= 4 is 36.7 Å². The molecule has 2 aromatic carbocycles. The summed E-state index contributed by atoms with van der Waals surface area (Å²) in [5.41, 5.74) is 2.43. The molecular weight excluding hydrogens is 308 g/mol. The van der Waals surface area contributed by atoms with Crippen LogP contribution in [0.3, 0.4) is 0 Å². The highest BCUT2D eigenvalue weighted by Gasteiger charge is 2.16. The number of anilines is 1. The van der Waals surface area contributed by atoms with Crippen molar-refractivity contribution < 1.29 is 25.9 Å². The van der Waals surface area contributed by atoms with Gasteiger partial charge in [0.2, 0.25) is 0 Å². The minimum absolute atomic E-state index is 0.170. The van der Waals surface area contributed by atoms with E-state index in [0.717, 1.165) is 24.3 Å². The fraction of sp³-hybridized carbons (Fsp3) is 0. The Morgan fingerprint density at radius 3 is 1.95 bits per heavy atom. The van der Waals surface area contributed by atoms with Crippen molar-refractivity contribution in [2.45, 2.75) is 9.79 Å². The Morgan fingerprint density at radius 1 is 0.900 bits per heavy atom. The largest absolute Gasteiger partial charge is 0.323 e. The Kier molecular flexibility index (Phi) is 3.44. The summed E-state index contributed by atoms with van der Waals surface area (Å²) in [4.78, 5) is -0.856. The third-order valence-corrected chi connectivity index (χ3v) is 4.33. The third-order valence-electron chi connectivity index (χ3n) is 2.65. The molecule has 0 saturated heterocycles. The standard InChI is InChI=1S/C10H10N2O6S2/c11-12-10-5-8(20(16,17)18)4-6-3-7(19(13,14)15)1-2-9(6)10/h1-5,12H,11H2,(H,13,14,15)(H,16,17,18). The minimum atomic E-state index is -4.48. The van der Waals surface area contributed by atoms with Crippen LogP contribution in [0.1, 0.15) is 0 Å². The smallest absolute Gasteiger partial charge is 0.294 e. The van der Waals surface area contributed by atoms with Crippen LogP contribution in [0, 0.1) is 0 Å². The zero-order valence-electron chi connectivity index (χ0n) is 9.81. The molecule has 0 aromatic heterocycles. The van der Waals surface area contributed by atoms with Gasteiger partial charge in [-0.3, -0.25) is 14.9 Å². The molecule has 0 atom stereocenters. The summed E-state index contributed by atoms with van der Waals surface area (Å²) in [6.07, 6.45) is 0. The molecule has 8 nitrogen and oxygen atoms in total. The van der Waals surface area contributed by atoms with Gasteiger partial charge in [0.25, 0.3) is 20.2 Å². The summed E-state index contributed by atoms with van der Waals surface area (Å²) in [7, 11) is -8.91. The molecule has 0 aliphatic carbocycles. The van der Waals surface area contributed by atoms with Crippen molar-refractivity contribution in [3.8, 4) is 0 Å². The van der Waals surface area contributed by atoms with E-state index in [4.69, 9.17) is 14.9 Å². The first kappa shape index (κ1) is 14.7. The van der Waals surface area contributed by atoms with Gasteiger partial charge in [0.15, 0.2) is 0 Å². The number of hydrogen-bond donors (Lipinski definition) is 4. The van der Waals surface area contributed by atoms with E-state index in [1.165, 1.54) is 6.07 Å². The van der Waals surface area contributed by atoms with Gasteiger partial charge in [-0.15, -0.1) is 0 Å². The molecule has 10 heteroatoms. The summed E-state index contributed by atoms with van der Waals surface area (Å²) >= 11 is 0. The Morgan fingerprint density at radius 2 is 1.45 bits per heavy atom. The molecule has 0 aliphatic heterocycles. The molecule has 0 unspecified atom stereocenters. The van der Waals surface area contributed by atoms with Gasteiger partial charge >= 0.3 is 0 Å².